The minimum atomic E-state index is -0.988. The van der Waals surface area contributed by atoms with Gasteiger partial charge in [-0.3, -0.25) is 0 Å². The summed E-state index contributed by atoms with van der Waals surface area (Å²) in [5.74, 6) is 0. The first-order chi connectivity index (χ1) is 13.7. The van der Waals surface area contributed by atoms with Crippen LogP contribution >= 0.6 is 0 Å². The average Bonchev–Trinajstić information content (AvgIpc) is 2.70. The fourth-order valence-electron chi connectivity index (χ4n) is 3.77. The first-order valence-electron chi connectivity index (χ1n) is 11.5. The molecule has 1 rings (SSSR count). The van der Waals surface area contributed by atoms with E-state index >= 15 is 0 Å². The van der Waals surface area contributed by atoms with Crippen molar-refractivity contribution in [2.45, 2.75) is 114 Å². The zero-order valence-corrected chi connectivity index (χ0v) is 17.8. The van der Waals surface area contributed by atoms with Crippen molar-refractivity contribution in [1.29, 1.82) is 0 Å². The molecular weight excluding hydrogens is 356 g/mol. The van der Waals surface area contributed by atoms with Crippen molar-refractivity contribution in [3.8, 4) is 0 Å². The predicted octanol–water partition coefficient (Wildman–Crippen LogP) is 4.13. The van der Waals surface area contributed by atoms with E-state index in [1.54, 1.807) is 0 Å². The van der Waals surface area contributed by atoms with Gasteiger partial charge in [-0.1, -0.05) is 76.7 Å². The van der Waals surface area contributed by atoms with Crippen molar-refractivity contribution in [3.63, 3.8) is 0 Å². The normalized spacial score (nSPS) is 25.1. The molecule has 0 bridgehead atoms. The van der Waals surface area contributed by atoms with Crippen molar-refractivity contribution in [3.05, 3.63) is 12.7 Å². The topological polar surface area (TPSA) is 79.2 Å². The van der Waals surface area contributed by atoms with E-state index < -0.39 is 24.4 Å². The number of aliphatic hydroxyl groups is 3. The second kappa shape index (κ2) is 17.4. The highest BCUT2D eigenvalue weighted by Gasteiger charge is 2.39. The first kappa shape index (κ1) is 25.6. The van der Waals surface area contributed by atoms with E-state index in [2.05, 4.69) is 6.58 Å². The lowest BCUT2D eigenvalue weighted by atomic mass is 10.0. The molecule has 1 saturated heterocycles. The molecule has 166 valence electrons. The fraction of sp³-hybridized carbons (Fsp3) is 0.913. The van der Waals surface area contributed by atoms with Gasteiger partial charge < -0.3 is 24.8 Å². The zero-order chi connectivity index (χ0) is 20.5. The van der Waals surface area contributed by atoms with Crippen LogP contribution in [0, 0.1) is 0 Å². The summed E-state index contributed by atoms with van der Waals surface area (Å²) in [6, 6.07) is 0. The van der Waals surface area contributed by atoms with E-state index in [1.165, 1.54) is 70.6 Å². The summed E-state index contributed by atoms with van der Waals surface area (Å²) in [6.45, 7) is 4.13. The van der Waals surface area contributed by atoms with Gasteiger partial charge in [-0.25, -0.2) is 0 Å². The van der Waals surface area contributed by atoms with Crippen molar-refractivity contribution in [1.82, 2.24) is 0 Å². The summed E-state index contributed by atoms with van der Waals surface area (Å²) in [5.41, 5.74) is 0. The average molecular weight is 401 g/mol. The lowest BCUT2D eigenvalue weighted by molar-refractivity contribution is -0.211. The molecular formula is C23H44O5. The number of ether oxygens (including phenoxy) is 2. The van der Waals surface area contributed by atoms with Crippen LogP contribution in [-0.4, -0.2) is 59.6 Å². The monoisotopic (exact) mass is 400 g/mol. The molecule has 1 aliphatic rings. The van der Waals surface area contributed by atoms with Crippen LogP contribution in [0.2, 0.25) is 0 Å². The summed E-state index contributed by atoms with van der Waals surface area (Å²) in [6.07, 6.45) is 16.8. The second-order valence-corrected chi connectivity index (χ2v) is 8.12. The van der Waals surface area contributed by atoms with E-state index in [-0.39, 0.29) is 13.2 Å². The minimum absolute atomic E-state index is 0.0436. The molecule has 0 spiro atoms. The fourth-order valence-corrected chi connectivity index (χ4v) is 3.77. The quantitative estimate of drug-likeness (QED) is 0.238. The molecule has 0 aromatic carbocycles. The Kier molecular flexibility index (Phi) is 15.9. The number of hydrogen-bond acceptors (Lipinski definition) is 5. The molecule has 0 saturated carbocycles. The highest BCUT2D eigenvalue weighted by molar-refractivity contribution is 4.87. The maximum Gasteiger partial charge on any atom is 0.114 e. The van der Waals surface area contributed by atoms with Gasteiger partial charge in [-0.2, -0.15) is 0 Å². The molecule has 1 aliphatic heterocycles. The highest BCUT2D eigenvalue weighted by Crippen LogP contribution is 2.19. The number of rotatable bonds is 18. The van der Waals surface area contributed by atoms with E-state index in [0.717, 1.165) is 19.3 Å². The maximum atomic E-state index is 9.99. The SMILES string of the molecule is C=CCCCCCCCCCCCCCCCO[C@H]1[C@H](O)[C@@H](O)CO[C@@H]1CO. The van der Waals surface area contributed by atoms with Gasteiger partial charge in [0.05, 0.1) is 13.2 Å². The summed E-state index contributed by atoms with van der Waals surface area (Å²) >= 11 is 0. The van der Waals surface area contributed by atoms with Crippen LogP contribution in [0.4, 0.5) is 0 Å². The summed E-state index contributed by atoms with van der Waals surface area (Å²) in [7, 11) is 0. The van der Waals surface area contributed by atoms with E-state index in [4.69, 9.17) is 9.47 Å². The maximum absolute atomic E-state index is 9.99. The van der Waals surface area contributed by atoms with Crippen LogP contribution in [0.3, 0.4) is 0 Å². The highest BCUT2D eigenvalue weighted by atomic mass is 16.6. The third-order valence-corrected chi connectivity index (χ3v) is 5.62. The molecule has 4 atom stereocenters. The summed E-state index contributed by atoms with van der Waals surface area (Å²) in [5, 5.41) is 29.0. The molecule has 3 N–H and O–H groups in total. The third kappa shape index (κ3) is 11.5. The lowest BCUT2D eigenvalue weighted by Crippen LogP contribution is -2.55. The molecule has 0 aliphatic carbocycles. The number of aliphatic hydroxyl groups excluding tert-OH is 3. The van der Waals surface area contributed by atoms with E-state index in [9.17, 15) is 15.3 Å². The Labute approximate surface area is 172 Å². The van der Waals surface area contributed by atoms with Crippen LogP contribution in [0.5, 0.6) is 0 Å². The van der Waals surface area contributed by atoms with Gasteiger partial charge in [0.25, 0.3) is 0 Å². The van der Waals surface area contributed by atoms with Crippen LogP contribution in [0.1, 0.15) is 89.9 Å². The standard InChI is InChI=1S/C23H44O5/c1-2-3-4-5-6-7-8-9-10-11-12-13-14-15-16-17-27-23-21(18-24)28-19-20(25)22(23)26/h2,20-26H,1,3-19H2/t20-,21+,22+,23+/m0/s1. The van der Waals surface area contributed by atoms with Crippen molar-refractivity contribution < 1.29 is 24.8 Å². The molecule has 0 radical (unpaired) electrons. The Hall–Kier alpha value is -0.460. The van der Waals surface area contributed by atoms with Gasteiger partial charge in [-0.15, -0.1) is 6.58 Å². The Morgan fingerprint density at radius 2 is 1.32 bits per heavy atom. The summed E-state index contributed by atoms with van der Waals surface area (Å²) < 4.78 is 11.0. The number of unbranched alkanes of at least 4 members (excludes halogenated alkanes) is 13. The number of allylic oxidation sites excluding steroid dienone is 1. The second-order valence-electron chi connectivity index (χ2n) is 8.12. The molecule has 5 nitrogen and oxygen atoms in total. The minimum Gasteiger partial charge on any atom is -0.394 e. The predicted molar refractivity (Wildman–Crippen MR) is 113 cm³/mol. The van der Waals surface area contributed by atoms with Gasteiger partial charge in [-0.05, 0) is 19.3 Å². The Balaban J connectivity index is 1.86. The third-order valence-electron chi connectivity index (χ3n) is 5.62. The molecule has 0 unspecified atom stereocenters. The Bertz CT molecular complexity index is 361. The Morgan fingerprint density at radius 3 is 1.82 bits per heavy atom. The van der Waals surface area contributed by atoms with E-state index in [0.29, 0.717) is 6.61 Å². The van der Waals surface area contributed by atoms with Crippen LogP contribution < -0.4 is 0 Å². The van der Waals surface area contributed by atoms with Crippen molar-refractivity contribution in [2.24, 2.45) is 0 Å². The van der Waals surface area contributed by atoms with Crippen molar-refractivity contribution >= 4 is 0 Å². The first-order valence-corrected chi connectivity index (χ1v) is 11.5. The van der Waals surface area contributed by atoms with Gasteiger partial charge >= 0.3 is 0 Å². The molecule has 0 aromatic heterocycles. The smallest absolute Gasteiger partial charge is 0.114 e. The van der Waals surface area contributed by atoms with Crippen LogP contribution in [0.15, 0.2) is 12.7 Å². The van der Waals surface area contributed by atoms with Crippen LogP contribution in [0.25, 0.3) is 0 Å². The molecule has 0 aromatic rings. The van der Waals surface area contributed by atoms with Gasteiger partial charge in [0, 0.05) is 6.61 Å². The zero-order valence-electron chi connectivity index (χ0n) is 17.8. The van der Waals surface area contributed by atoms with Crippen LogP contribution in [-0.2, 0) is 9.47 Å². The molecule has 0 amide bonds. The Morgan fingerprint density at radius 1 is 0.821 bits per heavy atom. The molecule has 28 heavy (non-hydrogen) atoms. The van der Waals surface area contributed by atoms with Gasteiger partial charge in [0.2, 0.25) is 0 Å². The van der Waals surface area contributed by atoms with E-state index in [1.807, 2.05) is 6.08 Å². The van der Waals surface area contributed by atoms with Gasteiger partial charge in [0.15, 0.2) is 0 Å². The molecule has 1 heterocycles. The van der Waals surface area contributed by atoms with Crippen molar-refractivity contribution in [2.75, 3.05) is 19.8 Å². The summed E-state index contributed by atoms with van der Waals surface area (Å²) in [4.78, 5) is 0. The largest absolute Gasteiger partial charge is 0.394 e. The number of hydrogen-bond donors (Lipinski definition) is 3. The molecule has 1 fully saturated rings. The molecule has 5 heteroatoms. The van der Waals surface area contributed by atoms with Gasteiger partial charge in [0.1, 0.15) is 24.4 Å². The lowest BCUT2D eigenvalue weighted by Gasteiger charge is -2.37.